The Bertz CT molecular complexity index is 580. The smallest absolute Gasteiger partial charge is 0.163 e. The van der Waals surface area contributed by atoms with Gasteiger partial charge < -0.3 is 10.8 Å². The quantitative estimate of drug-likeness (QED) is 0.745. The molecule has 7 heteroatoms. The van der Waals surface area contributed by atoms with Gasteiger partial charge >= 0.3 is 0 Å². The molecule has 0 aliphatic carbocycles. The fourth-order valence-corrected chi connectivity index (χ4v) is 2.32. The Morgan fingerprint density at radius 2 is 2.33 bits per heavy atom. The topological polar surface area (TPSA) is 93.1 Å². The highest BCUT2D eigenvalue weighted by Gasteiger charge is 2.21. The first-order valence-electron chi connectivity index (χ1n) is 5.98. The summed E-state index contributed by atoms with van der Waals surface area (Å²) < 4.78 is 1.69. The molecule has 2 aromatic heterocycles. The van der Waals surface area contributed by atoms with Gasteiger partial charge in [-0.3, -0.25) is 9.58 Å². The van der Waals surface area contributed by atoms with Gasteiger partial charge in [0.1, 0.15) is 11.6 Å². The second-order valence-corrected chi connectivity index (χ2v) is 4.71. The maximum Gasteiger partial charge on any atom is 0.163 e. The summed E-state index contributed by atoms with van der Waals surface area (Å²) in [5.41, 5.74) is 6.65. The van der Waals surface area contributed by atoms with Crippen LogP contribution in [0.15, 0.2) is 6.20 Å². The highest BCUT2D eigenvalue weighted by molar-refractivity contribution is 5.84. The molecule has 3 heterocycles. The van der Waals surface area contributed by atoms with Crippen molar-refractivity contribution in [2.24, 2.45) is 7.05 Å². The van der Waals surface area contributed by atoms with Crippen LogP contribution in [0.25, 0.3) is 11.0 Å². The number of hydrogen-bond acceptors (Lipinski definition) is 6. The Hall–Kier alpha value is -1.73. The third-order valence-electron chi connectivity index (χ3n) is 3.28. The maximum atomic E-state index is 9.49. The van der Waals surface area contributed by atoms with Gasteiger partial charge in [0.2, 0.25) is 0 Å². The van der Waals surface area contributed by atoms with Crippen molar-refractivity contribution in [3.8, 4) is 0 Å². The number of likely N-dealkylation sites (tertiary alicyclic amines) is 1. The lowest BCUT2D eigenvalue weighted by atomic mass is 10.3. The highest BCUT2D eigenvalue weighted by atomic mass is 16.3. The lowest BCUT2D eigenvalue weighted by Gasteiger charge is -2.13. The largest absolute Gasteiger partial charge is 0.392 e. The second-order valence-electron chi connectivity index (χ2n) is 4.71. The molecule has 1 fully saturated rings. The molecule has 2 aromatic rings. The van der Waals surface area contributed by atoms with Crippen molar-refractivity contribution in [3.63, 3.8) is 0 Å². The number of aliphatic hydroxyl groups excluding tert-OH is 1. The number of nitrogens with zero attached hydrogens (tertiary/aromatic N) is 5. The summed E-state index contributed by atoms with van der Waals surface area (Å²) in [7, 11) is 1.83. The molecule has 0 spiro atoms. The lowest BCUT2D eigenvalue weighted by Crippen LogP contribution is -2.23. The molecule has 3 N–H and O–H groups in total. The third-order valence-corrected chi connectivity index (χ3v) is 3.28. The van der Waals surface area contributed by atoms with Gasteiger partial charge in [0.15, 0.2) is 5.65 Å². The van der Waals surface area contributed by atoms with E-state index in [0.717, 1.165) is 24.0 Å². The molecule has 0 amide bonds. The molecule has 0 bridgehead atoms. The van der Waals surface area contributed by atoms with Gasteiger partial charge in [-0.15, -0.1) is 0 Å². The summed E-state index contributed by atoms with van der Waals surface area (Å²) in [5.74, 6) is 1.14. The Morgan fingerprint density at radius 3 is 3.06 bits per heavy atom. The molecule has 7 nitrogen and oxygen atoms in total. The minimum absolute atomic E-state index is 0.234. The van der Waals surface area contributed by atoms with Gasteiger partial charge in [0, 0.05) is 20.1 Å². The van der Waals surface area contributed by atoms with Crippen LogP contribution in [0.3, 0.4) is 0 Å². The summed E-state index contributed by atoms with van der Waals surface area (Å²) in [6.45, 7) is 2.16. The number of β-amino-alcohol motifs (C(OH)–C–C–N with tert-alkyl or cyclic N) is 1. The molecular weight excluding hydrogens is 232 g/mol. The molecule has 96 valence electrons. The first-order chi connectivity index (χ1) is 8.63. The zero-order valence-electron chi connectivity index (χ0n) is 10.2. The number of aryl methyl sites for hydroxylation is 1. The Labute approximate surface area is 104 Å². The summed E-state index contributed by atoms with van der Waals surface area (Å²) in [4.78, 5) is 10.9. The third kappa shape index (κ3) is 1.91. The van der Waals surface area contributed by atoms with Gasteiger partial charge in [-0.25, -0.2) is 9.97 Å². The van der Waals surface area contributed by atoms with Crippen molar-refractivity contribution in [1.29, 1.82) is 0 Å². The van der Waals surface area contributed by atoms with Crippen LogP contribution < -0.4 is 5.73 Å². The number of nitrogens with two attached hydrogens (primary N) is 1. The van der Waals surface area contributed by atoms with Crippen molar-refractivity contribution in [1.82, 2.24) is 24.6 Å². The van der Waals surface area contributed by atoms with Crippen molar-refractivity contribution in [3.05, 3.63) is 12.0 Å². The van der Waals surface area contributed by atoms with E-state index in [1.807, 2.05) is 7.05 Å². The standard InChI is InChI=1S/C11H16N6O/c1-16-11-8(4-13-16)10(12)14-9(15-11)6-17-3-2-7(18)5-17/h4,7,18H,2-3,5-6H2,1H3,(H2,12,14,15). The fourth-order valence-electron chi connectivity index (χ4n) is 2.32. The van der Waals surface area contributed by atoms with E-state index in [1.54, 1.807) is 10.9 Å². The van der Waals surface area contributed by atoms with Crippen molar-refractivity contribution in [2.45, 2.75) is 19.1 Å². The first kappa shape index (κ1) is 11.4. The molecule has 1 atom stereocenters. The molecule has 3 rings (SSSR count). The SMILES string of the molecule is Cn1ncc2c(N)nc(CN3CCC(O)C3)nc21. The number of aliphatic hydroxyl groups is 1. The molecule has 0 radical (unpaired) electrons. The van der Waals surface area contributed by atoms with E-state index in [4.69, 9.17) is 5.73 Å². The minimum Gasteiger partial charge on any atom is -0.392 e. The van der Waals surface area contributed by atoms with Crippen LogP contribution in [-0.2, 0) is 13.6 Å². The minimum atomic E-state index is -0.234. The number of aromatic nitrogens is 4. The van der Waals surface area contributed by atoms with Crippen LogP contribution in [0.4, 0.5) is 5.82 Å². The van der Waals surface area contributed by atoms with Crippen LogP contribution in [0.1, 0.15) is 12.2 Å². The molecule has 1 saturated heterocycles. The molecule has 0 saturated carbocycles. The van der Waals surface area contributed by atoms with Gasteiger partial charge in [0.25, 0.3) is 0 Å². The predicted molar refractivity (Wildman–Crippen MR) is 66.6 cm³/mol. The normalized spacial score (nSPS) is 20.9. The van der Waals surface area contributed by atoms with Crippen molar-refractivity contribution < 1.29 is 5.11 Å². The van der Waals surface area contributed by atoms with E-state index in [9.17, 15) is 5.11 Å². The van der Waals surface area contributed by atoms with Crippen LogP contribution in [0, 0.1) is 0 Å². The Balaban J connectivity index is 1.90. The second kappa shape index (κ2) is 4.18. The van der Waals surface area contributed by atoms with Gasteiger partial charge in [-0.1, -0.05) is 0 Å². The van der Waals surface area contributed by atoms with Crippen molar-refractivity contribution >= 4 is 16.9 Å². The van der Waals surface area contributed by atoms with Gasteiger partial charge in [-0.2, -0.15) is 5.10 Å². The predicted octanol–water partition coefficient (Wildman–Crippen LogP) is -0.488. The molecule has 1 unspecified atom stereocenters. The molecule has 1 aliphatic heterocycles. The van der Waals surface area contributed by atoms with E-state index in [1.165, 1.54) is 0 Å². The first-order valence-corrected chi connectivity index (χ1v) is 5.98. The number of hydrogen-bond donors (Lipinski definition) is 2. The molecular formula is C11H16N6O. The molecule has 0 aromatic carbocycles. The summed E-state index contributed by atoms with van der Waals surface area (Å²) >= 11 is 0. The van der Waals surface area contributed by atoms with Crippen LogP contribution in [0.2, 0.25) is 0 Å². The number of rotatable bonds is 2. The average molecular weight is 248 g/mol. The molecule has 18 heavy (non-hydrogen) atoms. The summed E-state index contributed by atoms with van der Waals surface area (Å²) in [6, 6.07) is 0. The monoisotopic (exact) mass is 248 g/mol. The lowest BCUT2D eigenvalue weighted by molar-refractivity contribution is 0.174. The summed E-state index contributed by atoms with van der Waals surface area (Å²) in [6.07, 6.45) is 2.25. The van der Waals surface area contributed by atoms with E-state index in [2.05, 4.69) is 20.0 Å². The van der Waals surface area contributed by atoms with Crippen LogP contribution in [-0.4, -0.2) is 48.9 Å². The van der Waals surface area contributed by atoms with Crippen LogP contribution in [0.5, 0.6) is 0 Å². The van der Waals surface area contributed by atoms with Crippen molar-refractivity contribution in [2.75, 3.05) is 18.8 Å². The van der Waals surface area contributed by atoms with E-state index in [-0.39, 0.29) is 6.10 Å². The number of fused-ring (bicyclic) bond motifs is 1. The van der Waals surface area contributed by atoms with Crippen LogP contribution >= 0.6 is 0 Å². The number of nitrogen functional groups attached to an aromatic ring is 1. The Morgan fingerprint density at radius 1 is 1.50 bits per heavy atom. The van der Waals surface area contributed by atoms with Gasteiger partial charge in [0.05, 0.1) is 24.2 Å². The zero-order chi connectivity index (χ0) is 12.7. The Kier molecular flexibility index (Phi) is 2.64. The highest BCUT2D eigenvalue weighted by Crippen LogP contribution is 2.18. The maximum absolute atomic E-state index is 9.49. The number of anilines is 1. The van der Waals surface area contributed by atoms with E-state index < -0.39 is 0 Å². The van der Waals surface area contributed by atoms with Gasteiger partial charge in [-0.05, 0) is 6.42 Å². The zero-order valence-corrected chi connectivity index (χ0v) is 10.2. The average Bonchev–Trinajstić information content (AvgIpc) is 2.87. The van der Waals surface area contributed by atoms with E-state index >= 15 is 0 Å². The fraction of sp³-hybridized carbons (Fsp3) is 0.545. The molecule has 1 aliphatic rings. The summed E-state index contributed by atoms with van der Waals surface area (Å²) in [5, 5.41) is 14.4. The van der Waals surface area contributed by atoms with E-state index in [0.29, 0.717) is 24.7 Å².